The molecule has 0 saturated heterocycles. The molecule has 5 heteroatoms. The summed E-state index contributed by atoms with van der Waals surface area (Å²) in [5, 5.41) is 4.74. The molecule has 0 aliphatic heterocycles. The summed E-state index contributed by atoms with van der Waals surface area (Å²) < 4.78 is 9.14. The van der Waals surface area contributed by atoms with Gasteiger partial charge in [-0.3, -0.25) is 0 Å². The number of thiophene rings is 1. The third kappa shape index (κ3) is 5.48. The number of benzene rings is 8. The highest BCUT2D eigenvalue weighted by Crippen LogP contribution is 2.46. The van der Waals surface area contributed by atoms with Crippen molar-refractivity contribution in [2.45, 2.75) is 0 Å². The van der Waals surface area contributed by atoms with Crippen LogP contribution < -0.4 is 0 Å². The molecular weight excluding hydrogens is 703 g/mol. The van der Waals surface area contributed by atoms with Crippen molar-refractivity contribution in [3.05, 3.63) is 188 Å². The number of rotatable bonds is 6. The van der Waals surface area contributed by atoms with Crippen molar-refractivity contribution in [3.8, 4) is 67.5 Å². The Balaban J connectivity index is 1.08. The zero-order chi connectivity index (χ0) is 37.0. The molecule has 0 saturated carbocycles. The van der Waals surface area contributed by atoms with E-state index in [0.29, 0.717) is 17.5 Å². The van der Waals surface area contributed by atoms with Gasteiger partial charge >= 0.3 is 0 Å². The van der Waals surface area contributed by atoms with Gasteiger partial charge in [-0.05, 0) is 58.1 Å². The monoisotopic (exact) mass is 733 g/mol. The van der Waals surface area contributed by atoms with E-state index in [4.69, 9.17) is 19.4 Å². The highest BCUT2D eigenvalue weighted by molar-refractivity contribution is 7.26. The first kappa shape index (κ1) is 32.2. The van der Waals surface area contributed by atoms with Crippen LogP contribution in [0.5, 0.6) is 0 Å². The lowest BCUT2D eigenvalue weighted by Crippen LogP contribution is -2.00. The highest BCUT2D eigenvalue weighted by atomic mass is 32.1. The molecule has 0 aliphatic rings. The van der Waals surface area contributed by atoms with Crippen LogP contribution in [0.15, 0.2) is 192 Å². The van der Waals surface area contributed by atoms with Crippen LogP contribution in [-0.2, 0) is 0 Å². The second-order valence-electron chi connectivity index (χ2n) is 13.9. The van der Waals surface area contributed by atoms with Gasteiger partial charge in [0.15, 0.2) is 17.5 Å². The van der Waals surface area contributed by atoms with E-state index in [-0.39, 0.29) is 0 Å². The van der Waals surface area contributed by atoms with Crippen molar-refractivity contribution in [1.29, 1.82) is 0 Å². The maximum Gasteiger partial charge on any atom is 0.164 e. The van der Waals surface area contributed by atoms with Crippen LogP contribution in [0.3, 0.4) is 0 Å². The van der Waals surface area contributed by atoms with Gasteiger partial charge in [0, 0.05) is 53.2 Å². The zero-order valence-electron chi connectivity index (χ0n) is 30.1. The molecule has 0 bridgehead atoms. The predicted octanol–water partition coefficient (Wildman–Crippen LogP) is 14.1. The first-order valence-corrected chi connectivity index (χ1v) is 19.5. The van der Waals surface area contributed by atoms with E-state index >= 15 is 0 Å². The first-order valence-electron chi connectivity index (χ1n) is 18.7. The number of aromatic nitrogens is 3. The fourth-order valence-corrected chi connectivity index (χ4v) is 9.19. The number of furan rings is 1. The molecule has 3 aromatic heterocycles. The van der Waals surface area contributed by atoms with Gasteiger partial charge in [-0.1, -0.05) is 158 Å². The maximum atomic E-state index is 6.54. The average molecular weight is 734 g/mol. The Morgan fingerprint density at radius 2 is 0.946 bits per heavy atom. The van der Waals surface area contributed by atoms with Gasteiger partial charge in [0.05, 0.1) is 0 Å². The Morgan fingerprint density at radius 3 is 1.68 bits per heavy atom. The molecule has 0 radical (unpaired) electrons. The SMILES string of the molecule is c1ccc(-c2nc(-c3ccccc3)nc(-c3cccc(-c4cccc5oc6ccc(-c7ccc8c(sc9ccccc98)c7-c7ccccc7)cc6c45)c3)n2)cc1. The zero-order valence-corrected chi connectivity index (χ0v) is 30.9. The van der Waals surface area contributed by atoms with Gasteiger partial charge in [-0.15, -0.1) is 11.3 Å². The van der Waals surface area contributed by atoms with Crippen LogP contribution in [0.1, 0.15) is 0 Å². The smallest absolute Gasteiger partial charge is 0.164 e. The number of fused-ring (bicyclic) bond motifs is 6. The molecule has 11 rings (SSSR count). The van der Waals surface area contributed by atoms with Crippen LogP contribution in [0.2, 0.25) is 0 Å². The summed E-state index contributed by atoms with van der Waals surface area (Å²) in [6.07, 6.45) is 0. The molecule has 8 aromatic carbocycles. The minimum atomic E-state index is 0.621. The summed E-state index contributed by atoms with van der Waals surface area (Å²) in [6, 6.07) is 65.7. The summed E-state index contributed by atoms with van der Waals surface area (Å²) in [5.74, 6) is 1.90. The quantitative estimate of drug-likeness (QED) is 0.171. The van der Waals surface area contributed by atoms with Crippen LogP contribution in [0.25, 0.3) is 110 Å². The average Bonchev–Trinajstić information content (AvgIpc) is 3.85. The molecule has 0 aliphatic carbocycles. The van der Waals surface area contributed by atoms with E-state index in [0.717, 1.165) is 55.3 Å². The predicted molar refractivity (Wildman–Crippen MR) is 233 cm³/mol. The van der Waals surface area contributed by atoms with Crippen molar-refractivity contribution >= 4 is 53.4 Å². The lowest BCUT2D eigenvalue weighted by atomic mass is 9.91. The normalized spacial score (nSPS) is 11.6. The van der Waals surface area contributed by atoms with Crippen LogP contribution in [-0.4, -0.2) is 15.0 Å². The minimum Gasteiger partial charge on any atom is -0.456 e. The number of hydrogen-bond acceptors (Lipinski definition) is 5. The lowest BCUT2D eigenvalue weighted by Gasteiger charge is -2.13. The van der Waals surface area contributed by atoms with Gasteiger partial charge in [-0.2, -0.15) is 0 Å². The molecule has 3 heterocycles. The van der Waals surface area contributed by atoms with Crippen LogP contribution in [0.4, 0.5) is 0 Å². The van der Waals surface area contributed by atoms with E-state index in [1.54, 1.807) is 0 Å². The van der Waals surface area contributed by atoms with Gasteiger partial charge in [0.25, 0.3) is 0 Å². The molecule has 0 unspecified atom stereocenters. The van der Waals surface area contributed by atoms with Gasteiger partial charge in [0.1, 0.15) is 11.2 Å². The standard InChI is InChI=1S/C51H31N3OS/c1-4-14-32(15-5-1)46-39(27-28-41-40-22-10-11-25-45(40)56-48(41)46)36-26-29-43-42(31-36)47-38(23-13-24-44(47)55-43)35-20-12-21-37(30-35)51-53-49(33-16-6-2-7-17-33)52-50(54-51)34-18-8-3-9-19-34/h1-31H. The fraction of sp³-hybridized carbons (Fsp3) is 0. The summed E-state index contributed by atoms with van der Waals surface area (Å²) >= 11 is 1.87. The topological polar surface area (TPSA) is 51.8 Å². The Morgan fingerprint density at radius 1 is 0.357 bits per heavy atom. The molecule has 0 fully saturated rings. The number of hydrogen-bond donors (Lipinski definition) is 0. The van der Waals surface area contributed by atoms with Crippen molar-refractivity contribution < 1.29 is 4.42 Å². The molecule has 0 atom stereocenters. The highest BCUT2D eigenvalue weighted by Gasteiger charge is 2.19. The molecule has 0 amide bonds. The van der Waals surface area contributed by atoms with E-state index in [1.807, 2.05) is 72.0 Å². The van der Waals surface area contributed by atoms with Crippen molar-refractivity contribution in [3.63, 3.8) is 0 Å². The fourth-order valence-electron chi connectivity index (χ4n) is 7.92. The third-order valence-electron chi connectivity index (χ3n) is 10.5. The largest absolute Gasteiger partial charge is 0.456 e. The molecule has 11 aromatic rings. The van der Waals surface area contributed by atoms with E-state index < -0.39 is 0 Å². The molecule has 4 nitrogen and oxygen atoms in total. The van der Waals surface area contributed by atoms with E-state index in [9.17, 15) is 0 Å². The van der Waals surface area contributed by atoms with Gasteiger partial charge in [-0.25, -0.2) is 15.0 Å². The Kier molecular flexibility index (Phi) is 7.64. The molecular formula is C51H31N3OS. The summed E-state index contributed by atoms with van der Waals surface area (Å²) in [5.41, 5.74) is 11.4. The van der Waals surface area contributed by atoms with Gasteiger partial charge < -0.3 is 4.42 Å². The second-order valence-corrected chi connectivity index (χ2v) is 15.0. The molecule has 0 N–H and O–H groups in total. The molecule has 262 valence electrons. The Labute approximate surface area is 327 Å². The van der Waals surface area contributed by atoms with Crippen molar-refractivity contribution in [2.24, 2.45) is 0 Å². The minimum absolute atomic E-state index is 0.621. The summed E-state index contributed by atoms with van der Waals surface area (Å²) in [7, 11) is 0. The van der Waals surface area contributed by atoms with Crippen molar-refractivity contribution in [1.82, 2.24) is 15.0 Å². The second kappa shape index (κ2) is 13.3. The maximum absolute atomic E-state index is 6.54. The summed E-state index contributed by atoms with van der Waals surface area (Å²) in [4.78, 5) is 14.9. The van der Waals surface area contributed by atoms with Crippen LogP contribution in [0, 0.1) is 0 Å². The van der Waals surface area contributed by atoms with E-state index in [1.165, 1.54) is 36.9 Å². The Hall–Kier alpha value is -7.21. The Bertz CT molecular complexity index is 3180. The first-order chi connectivity index (χ1) is 27.7. The third-order valence-corrected chi connectivity index (χ3v) is 11.8. The van der Waals surface area contributed by atoms with Crippen molar-refractivity contribution in [2.75, 3.05) is 0 Å². The molecule has 56 heavy (non-hydrogen) atoms. The lowest BCUT2D eigenvalue weighted by molar-refractivity contribution is 0.669. The van der Waals surface area contributed by atoms with Gasteiger partial charge in [0.2, 0.25) is 0 Å². The molecule has 0 spiro atoms. The summed E-state index contributed by atoms with van der Waals surface area (Å²) in [6.45, 7) is 0. The van der Waals surface area contributed by atoms with E-state index in [2.05, 4.69) is 127 Å². The van der Waals surface area contributed by atoms with Crippen LogP contribution >= 0.6 is 11.3 Å². The number of nitrogens with zero attached hydrogens (tertiary/aromatic N) is 3.